The minimum absolute atomic E-state index is 0. The second-order valence-electron chi connectivity index (χ2n) is 7.22. The molecule has 0 aliphatic rings. The Hall–Kier alpha value is -2.16. The Morgan fingerprint density at radius 3 is 2.36 bits per heavy atom. The van der Waals surface area contributed by atoms with E-state index in [0.29, 0.717) is 23.7 Å². The van der Waals surface area contributed by atoms with Gasteiger partial charge in [-0.2, -0.15) is 0 Å². The molecule has 0 unspecified atom stereocenters. The van der Waals surface area contributed by atoms with Crippen molar-refractivity contribution in [2.24, 2.45) is 10.7 Å². The Morgan fingerprint density at radius 1 is 1.04 bits per heavy atom. The predicted octanol–water partition coefficient (Wildman–Crippen LogP) is 4.73. The van der Waals surface area contributed by atoms with Gasteiger partial charge in [0.05, 0.1) is 26.5 Å². The molecule has 0 aromatic heterocycles. The number of hydrogen-bond donors (Lipinski definition) is 2. The summed E-state index contributed by atoms with van der Waals surface area (Å²) in [6, 6.07) is 11.5. The van der Waals surface area contributed by atoms with Gasteiger partial charge in [0.1, 0.15) is 22.8 Å². The van der Waals surface area contributed by atoms with Crippen LogP contribution in [0, 0.1) is 6.92 Å². The first-order chi connectivity index (χ1) is 12.7. The highest BCUT2D eigenvalue weighted by molar-refractivity contribution is 14.0. The van der Waals surface area contributed by atoms with E-state index in [-0.39, 0.29) is 35.5 Å². The average molecular weight is 499 g/mol. The number of methoxy groups -OCH3 is 2. The highest BCUT2D eigenvalue weighted by Gasteiger charge is 2.15. The third-order valence-corrected chi connectivity index (χ3v) is 3.73. The quantitative estimate of drug-likeness (QED) is 0.341. The fourth-order valence-corrected chi connectivity index (χ4v) is 2.48. The van der Waals surface area contributed by atoms with Crippen molar-refractivity contribution in [3.05, 3.63) is 47.5 Å². The number of ether oxygens (including phenoxy) is 3. The summed E-state index contributed by atoms with van der Waals surface area (Å²) in [5, 5.41) is 3.07. The molecule has 6 nitrogen and oxygen atoms in total. The van der Waals surface area contributed by atoms with Gasteiger partial charge in [0.25, 0.3) is 0 Å². The lowest BCUT2D eigenvalue weighted by Crippen LogP contribution is -2.24. The number of halogens is 1. The number of nitrogens with zero attached hydrogens (tertiary/aromatic N) is 1. The molecule has 154 valence electrons. The highest BCUT2D eigenvalue weighted by Crippen LogP contribution is 2.29. The topological polar surface area (TPSA) is 78.1 Å². The Kier molecular flexibility index (Phi) is 8.87. The number of rotatable bonds is 6. The van der Waals surface area contributed by atoms with Crippen LogP contribution < -0.4 is 25.3 Å². The van der Waals surface area contributed by atoms with Gasteiger partial charge in [0, 0.05) is 11.6 Å². The molecule has 0 aliphatic heterocycles. The third kappa shape index (κ3) is 7.10. The normalized spacial score (nSPS) is 11.4. The molecule has 2 aromatic rings. The van der Waals surface area contributed by atoms with Gasteiger partial charge < -0.3 is 25.3 Å². The van der Waals surface area contributed by atoms with Crippen LogP contribution in [0.4, 0.5) is 5.69 Å². The zero-order valence-electron chi connectivity index (χ0n) is 17.3. The molecule has 0 atom stereocenters. The van der Waals surface area contributed by atoms with Crippen molar-refractivity contribution >= 4 is 35.6 Å². The summed E-state index contributed by atoms with van der Waals surface area (Å²) in [5.74, 6) is 2.45. The molecule has 0 radical (unpaired) electrons. The molecule has 0 saturated carbocycles. The summed E-state index contributed by atoms with van der Waals surface area (Å²) >= 11 is 0. The van der Waals surface area contributed by atoms with Crippen LogP contribution in [-0.2, 0) is 6.54 Å². The van der Waals surface area contributed by atoms with Gasteiger partial charge in [0.2, 0.25) is 0 Å². The van der Waals surface area contributed by atoms with E-state index in [1.54, 1.807) is 20.3 Å². The maximum atomic E-state index is 6.08. The Bertz CT molecular complexity index is 817. The summed E-state index contributed by atoms with van der Waals surface area (Å²) in [6.07, 6.45) is 0. The van der Waals surface area contributed by atoms with Crippen LogP contribution >= 0.6 is 24.0 Å². The van der Waals surface area contributed by atoms with Gasteiger partial charge in [-0.25, -0.2) is 4.99 Å². The van der Waals surface area contributed by atoms with Crippen LogP contribution in [0.5, 0.6) is 17.2 Å². The lowest BCUT2D eigenvalue weighted by Gasteiger charge is -2.23. The monoisotopic (exact) mass is 499 g/mol. The molecule has 0 spiro atoms. The van der Waals surface area contributed by atoms with E-state index in [4.69, 9.17) is 19.9 Å². The van der Waals surface area contributed by atoms with Crippen LogP contribution in [0.25, 0.3) is 0 Å². The average Bonchev–Trinajstić information content (AvgIpc) is 2.59. The summed E-state index contributed by atoms with van der Waals surface area (Å²) in [6.45, 7) is 8.50. The molecule has 0 heterocycles. The fourth-order valence-electron chi connectivity index (χ4n) is 2.48. The molecule has 0 saturated heterocycles. The molecular formula is C21H30IN3O3. The van der Waals surface area contributed by atoms with E-state index in [1.807, 2.05) is 58.0 Å². The molecular weight excluding hydrogens is 469 g/mol. The molecule has 7 heteroatoms. The second-order valence-corrected chi connectivity index (χ2v) is 7.22. The summed E-state index contributed by atoms with van der Waals surface area (Å²) in [4.78, 5) is 4.45. The minimum Gasteiger partial charge on any atom is -0.497 e. The predicted molar refractivity (Wildman–Crippen MR) is 125 cm³/mol. The third-order valence-electron chi connectivity index (χ3n) is 3.73. The molecule has 3 N–H and O–H groups in total. The molecule has 0 fully saturated rings. The first kappa shape index (κ1) is 23.9. The Balaban J connectivity index is 0.00000392. The van der Waals surface area contributed by atoms with E-state index in [9.17, 15) is 0 Å². The summed E-state index contributed by atoms with van der Waals surface area (Å²) in [5.41, 5.74) is 8.58. The first-order valence-corrected chi connectivity index (χ1v) is 8.79. The highest BCUT2D eigenvalue weighted by atomic mass is 127. The van der Waals surface area contributed by atoms with Gasteiger partial charge in [-0.15, -0.1) is 24.0 Å². The van der Waals surface area contributed by atoms with E-state index in [1.165, 1.54) is 0 Å². The smallest absolute Gasteiger partial charge is 0.193 e. The molecule has 0 aliphatic carbocycles. The maximum Gasteiger partial charge on any atom is 0.193 e. The largest absolute Gasteiger partial charge is 0.497 e. The number of aryl methyl sites for hydroxylation is 1. The Labute approximate surface area is 184 Å². The van der Waals surface area contributed by atoms with Crippen LogP contribution in [0.2, 0.25) is 0 Å². The van der Waals surface area contributed by atoms with E-state index < -0.39 is 0 Å². The molecule has 28 heavy (non-hydrogen) atoms. The van der Waals surface area contributed by atoms with Crippen LogP contribution in [-0.4, -0.2) is 25.8 Å². The molecule has 0 amide bonds. The van der Waals surface area contributed by atoms with Crippen LogP contribution in [0.15, 0.2) is 41.4 Å². The van der Waals surface area contributed by atoms with E-state index in [2.05, 4.69) is 10.3 Å². The van der Waals surface area contributed by atoms with Crippen LogP contribution in [0.1, 0.15) is 31.9 Å². The van der Waals surface area contributed by atoms with Crippen molar-refractivity contribution in [3.8, 4) is 17.2 Å². The van der Waals surface area contributed by atoms with Crippen molar-refractivity contribution in [2.75, 3.05) is 19.5 Å². The van der Waals surface area contributed by atoms with Crippen molar-refractivity contribution in [2.45, 2.75) is 39.8 Å². The fraction of sp³-hybridized carbons (Fsp3) is 0.381. The first-order valence-electron chi connectivity index (χ1n) is 8.79. The molecule has 2 aromatic carbocycles. The van der Waals surface area contributed by atoms with Crippen molar-refractivity contribution < 1.29 is 14.2 Å². The van der Waals surface area contributed by atoms with Gasteiger partial charge in [-0.1, -0.05) is 12.1 Å². The SMILES string of the molecule is COc1ccc(OC)c(NC(N)=NCc2ccc(C)cc2OC(C)(C)C)c1.I. The number of nitrogens with two attached hydrogens (primary N) is 1. The number of aliphatic imine (C=N–C) groups is 1. The lowest BCUT2D eigenvalue weighted by molar-refractivity contribution is 0.129. The number of nitrogens with one attached hydrogen (secondary N) is 1. The number of guanidine groups is 1. The molecule has 2 rings (SSSR count). The number of hydrogen-bond acceptors (Lipinski definition) is 4. The standard InChI is InChI=1S/C21H29N3O3.HI/c1-14-7-8-15(19(11-14)27-21(2,3)4)13-23-20(22)24-17-12-16(25-5)9-10-18(17)26-6;/h7-12H,13H2,1-6H3,(H3,22,23,24);1H. The summed E-state index contributed by atoms with van der Waals surface area (Å²) < 4.78 is 16.7. The van der Waals surface area contributed by atoms with Gasteiger partial charge in [0.15, 0.2) is 5.96 Å². The second kappa shape index (κ2) is 10.4. The van der Waals surface area contributed by atoms with Gasteiger partial charge in [-0.05, 0) is 51.5 Å². The van der Waals surface area contributed by atoms with Crippen molar-refractivity contribution in [1.82, 2.24) is 0 Å². The van der Waals surface area contributed by atoms with Gasteiger partial charge >= 0.3 is 0 Å². The molecule has 0 bridgehead atoms. The lowest BCUT2D eigenvalue weighted by atomic mass is 10.1. The zero-order valence-corrected chi connectivity index (χ0v) is 19.7. The minimum atomic E-state index is -0.288. The zero-order chi connectivity index (χ0) is 20.0. The number of benzene rings is 2. The Morgan fingerprint density at radius 2 is 1.75 bits per heavy atom. The van der Waals surface area contributed by atoms with Crippen molar-refractivity contribution in [3.63, 3.8) is 0 Å². The van der Waals surface area contributed by atoms with Crippen molar-refractivity contribution in [1.29, 1.82) is 0 Å². The van der Waals surface area contributed by atoms with Crippen LogP contribution in [0.3, 0.4) is 0 Å². The summed E-state index contributed by atoms with van der Waals surface area (Å²) in [7, 11) is 3.21. The maximum absolute atomic E-state index is 6.08. The number of anilines is 1. The van der Waals surface area contributed by atoms with Gasteiger partial charge in [-0.3, -0.25) is 0 Å². The van der Waals surface area contributed by atoms with E-state index in [0.717, 1.165) is 16.9 Å². The van der Waals surface area contributed by atoms with E-state index >= 15 is 0 Å².